The van der Waals surface area contributed by atoms with E-state index >= 15 is 0 Å². The van der Waals surface area contributed by atoms with Gasteiger partial charge in [-0.25, -0.2) is 0 Å². The minimum Gasteiger partial charge on any atom is -0.309 e. The fraction of sp³-hybridized carbons (Fsp3) is 0.667. The Morgan fingerprint density at radius 3 is 2.48 bits per heavy atom. The highest BCUT2D eigenvalue weighted by atomic mass is 79.9. The first-order valence-corrected chi connectivity index (χ1v) is 10.6. The molecule has 2 heterocycles. The number of nitrogens with zero attached hydrogens (tertiary/aromatic N) is 2. The summed E-state index contributed by atoms with van der Waals surface area (Å²) in [6, 6.07) is 8.08. The van der Waals surface area contributed by atoms with Crippen molar-refractivity contribution in [1.29, 1.82) is 0 Å². The van der Waals surface area contributed by atoms with Crippen LogP contribution in [0.3, 0.4) is 0 Å². The third-order valence-corrected chi connectivity index (χ3v) is 6.36. The molecule has 0 spiro atoms. The van der Waals surface area contributed by atoms with Gasteiger partial charge in [0.15, 0.2) is 0 Å². The summed E-state index contributed by atoms with van der Waals surface area (Å²) in [4.78, 5) is 5.16. The summed E-state index contributed by atoms with van der Waals surface area (Å²) in [6.07, 6.45) is 0. The summed E-state index contributed by atoms with van der Waals surface area (Å²) in [5.41, 5.74) is 2.88. The lowest BCUT2D eigenvalue weighted by Gasteiger charge is -2.36. The number of hydrogen-bond donors (Lipinski definition) is 1. The Morgan fingerprint density at radius 2 is 1.78 bits per heavy atom. The molecule has 2 saturated heterocycles. The molecule has 2 fully saturated rings. The van der Waals surface area contributed by atoms with Crippen molar-refractivity contribution in [1.82, 2.24) is 15.1 Å². The first-order chi connectivity index (χ1) is 11.1. The summed E-state index contributed by atoms with van der Waals surface area (Å²) in [5.74, 6) is 2.54. The van der Waals surface area contributed by atoms with Gasteiger partial charge in [-0.15, -0.1) is 0 Å². The first kappa shape index (κ1) is 17.7. The van der Waals surface area contributed by atoms with Crippen LogP contribution >= 0.6 is 27.7 Å². The summed E-state index contributed by atoms with van der Waals surface area (Å²) >= 11 is 5.82. The van der Waals surface area contributed by atoms with E-state index in [9.17, 15) is 0 Å². The Kier molecular flexibility index (Phi) is 6.44. The average Bonchev–Trinajstić information content (AvgIpc) is 2.51. The zero-order valence-electron chi connectivity index (χ0n) is 14.2. The molecule has 2 atom stereocenters. The minimum atomic E-state index is 0.583. The lowest BCUT2D eigenvalue weighted by Crippen LogP contribution is -2.53. The second-order valence-electron chi connectivity index (χ2n) is 6.98. The third-order valence-electron chi connectivity index (χ3n) is 4.65. The molecule has 1 aromatic carbocycles. The smallest absolute Gasteiger partial charge is 0.0245 e. The molecule has 3 rings (SSSR count). The molecule has 1 unspecified atom stereocenters. The zero-order chi connectivity index (χ0) is 16.2. The monoisotopic (exact) mass is 397 g/mol. The lowest BCUT2D eigenvalue weighted by atomic mass is 10.1. The molecule has 2 aliphatic rings. The van der Waals surface area contributed by atoms with Crippen molar-refractivity contribution in [2.24, 2.45) is 0 Å². The predicted octanol–water partition coefficient (Wildman–Crippen LogP) is 3.18. The van der Waals surface area contributed by atoms with E-state index in [1.165, 1.54) is 40.2 Å². The van der Waals surface area contributed by atoms with Crippen molar-refractivity contribution >= 4 is 27.7 Å². The maximum Gasteiger partial charge on any atom is 0.0245 e. The first-order valence-electron chi connectivity index (χ1n) is 8.66. The highest BCUT2D eigenvalue weighted by Crippen LogP contribution is 2.23. The molecule has 5 heteroatoms. The topological polar surface area (TPSA) is 18.5 Å². The van der Waals surface area contributed by atoms with Crippen LogP contribution in [0.1, 0.15) is 25.0 Å². The Morgan fingerprint density at radius 1 is 1.09 bits per heavy atom. The maximum absolute atomic E-state index is 3.75. The van der Waals surface area contributed by atoms with Crippen LogP contribution in [0.25, 0.3) is 0 Å². The standard InChI is InChI=1S/C18H28BrN3S/c1-14-10-22(11-15(2)20-14)12-16-3-4-18(19)17(9-16)13-21-5-7-23-8-6-21/h3-4,9,14-15,20H,5-8,10-13H2,1-2H3/t14-,15?/m0/s1. The summed E-state index contributed by atoms with van der Waals surface area (Å²) in [5, 5.41) is 3.61. The van der Waals surface area contributed by atoms with Gasteiger partial charge in [-0.2, -0.15) is 11.8 Å². The predicted molar refractivity (Wildman–Crippen MR) is 104 cm³/mol. The second kappa shape index (κ2) is 8.34. The molecule has 2 aliphatic heterocycles. The van der Waals surface area contributed by atoms with E-state index in [1.807, 2.05) is 0 Å². The maximum atomic E-state index is 3.75. The molecule has 1 N–H and O–H groups in total. The Labute approximate surface area is 153 Å². The van der Waals surface area contributed by atoms with Crippen LogP contribution in [0.5, 0.6) is 0 Å². The lowest BCUT2D eigenvalue weighted by molar-refractivity contribution is 0.166. The normalized spacial score (nSPS) is 27.3. The quantitative estimate of drug-likeness (QED) is 0.840. The molecule has 0 saturated carbocycles. The summed E-state index contributed by atoms with van der Waals surface area (Å²) in [7, 11) is 0. The van der Waals surface area contributed by atoms with E-state index in [0.717, 1.165) is 26.2 Å². The van der Waals surface area contributed by atoms with Crippen molar-refractivity contribution in [2.75, 3.05) is 37.7 Å². The van der Waals surface area contributed by atoms with E-state index in [1.54, 1.807) is 0 Å². The Balaban J connectivity index is 1.64. The molecule has 0 aromatic heterocycles. The highest BCUT2D eigenvalue weighted by Gasteiger charge is 2.21. The molecule has 0 aliphatic carbocycles. The van der Waals surface area contributed by atoms with Crippen LogP contribution in [-0.2, 0) is 13.1 Å². The average molecular weight is 398 g/mol. The molecular weight excluding hydrogens is 370 g/mol. The van der Waals surface area contributed by atoms with Crippen molar-refractivity contribution in [3.05, 3.63) is 33.8 Å². The van der Waals surface area contributed by atoms with Gasteiger partial charge in [0.05, 0.1) is 0 Å². The van der Waals surface area contributed by atoms with Gasteiger partial charge in [0, 0.05) is 67.3 Å². The van der Waals surface area contributed by atoms with Crippen LogP contribution < -0.4 is 5.32 Å². The SMILES string of the molecule is CC1CN(Cc2ccc(Br)c(CN3CCSCC3)c2)C[C@H](C)N1. The number of benzene rings is 1. The number of hydrogen-bond acceptors (Lipinski definition) is 4. The van der Waals surface area contributed by atoms with Crippen molar-refractivity contribution < 1.29 is 0 Å². The number of thioether (sulfide) groups is 1. The fourth-order valence-electron chi connectivity index (χ4n) is 3.68. The van der Waals surface area contributed by atoms with Crippen LogP contribution in [-0.4, -0.2) is 59.6 Å². The number of nitrogens with one attached hydrogen (secondary N) is 1. The molecular formula is C18H28BrN3S. The van der Waals surface area contributed by atoms with E-state index in [2.05, 4.69) is 74.9 Å². The van der Waals surface area contributed by atoms with Gasteiger partial charge in [-0.05, 0) is 31.0 Å². The molecule has 1 aromatic rings. The minimum absolute atomic E-state index is 0.583. The van der Waals surface area contributed by atoms with E-state index < -0.39 is 0 Å². The van der Waals surface area contributed by atoms with E-state index in [-0.39, 0.29) is 0 Å². The van der Waals surface area contributed by atoms with Gasteiger partial charge < -0.3 is 5.32 Å². The van der Waals surface area contributed by atoms with Crippen molar-refractivity contribution in [3.8, 4) is 0 Å². The van der Waals surface area contributed by atoms with Crippen molar-refractivity contribution in [2.45, 2.75) is 39.0 Å². The molecule has 0 bridgehead atoms. The number of piperazine rings is 1. The molecule has 128 valence electrons. The second-order valence-corrected chi connectivity index (χ2v) is 9.06. The molecule has 0 radical (unpaired) electrons. The van der Waals surface area contributed by atoms with Gasteiger partial charge in [0.1, 0.15) is 0 Å². The van der Waals surface area contributed by atoms with Crippen molar-refractivity contribution in [3.63, 3.8) is 0 Å². The van der Waals surface area contributed by atoms with Gasteiger partial charge in [-0.3, -0.25) is 9.80 Å². The summed E-state index contributed by atoms with van der Waals surface area (Å²) in [6.45, 7) is 11.4. The van der Waals surface area contributed by atoms with Crippen LogP contribution in [0.15, 0.2) is 22.7 Å². The number of halogens is 1. The van der Waals surface area contributed by atoms with Crippen LogP contribution in [0.2, 0.25) is 0 Å². The third kappa shape index (κ3) is 5.20. The van der Waals surface area contributed by atoms with E-state index in [4.69, 9.17) is 0 Å². The van der Waals surface area contributed by atoms with Gasteiger partial charge >= 0.3 is 0 Å². The van der Waals surface area contributed by atoms with E-state index in [0.29, 0.717) is 12.1 Å². The van der Waals surface area contributed by atoms with Crippen LogP contribution in [0, 0.1) is 0 Å². The number of rotatable bonds is 4. The van der Waals surface area contributed by atoms with Gasteiger partial charge in [0.2, 0.25) is 0 Å². The highest BCUT2D eigenvalue weighted by molar-refractivity contribution is 9.10. The fourth-order valence-corrected chi connectivity index (χ4v) is 5.03. The molecule has 23 heavy (non-hydrogen) atoms. The van der Waals surface area contributed by atoms with Crippen LogP contribution in [0.4, 0.5) is 0 Å². The van der Waals surface area contributed by atoms with Gasteiger partial charge in [-0.1, -0.05) is 28.1 Å². The zero-order valence-corrected chi connectivity index (χ0v) is 16.6. The molecule has 3 nitrogen and oxygen atoms in total. The Hall–Kier alpha value is -0.0700. The molecule has 0 amide bonds. The van der Waals surface area contributed by atoms with Gasteiger partial charge in [0.25, 0.3) is 0 Å². The summed E-state index contributed by atoms with van der Waals surface area (Å²) < 4.78 is 1.25. The largest absolute Gasteiger partial charge is 0.309 e. The Bertz CT molecular complexity index is 509.